The van der Waals surface area contributed by atoms with E-state index in [1.54, 1.807) is 0 Å². The van der Waals surface area contributed by atoms with Crippen LogP contribution in [0.1, 0.15) is 181 Å². The number of ether oxygens (including phenoxy) is 2. The second-order valence-electron chi connectivity index (χ2n) is 14.4. The van der Waals surface area contributed by atoms with Crippen LogP contribution in [0.5, 0.6) is 0 Å². The smallest absolute Gasteiger partial charge is 0.462 e. The summed E-state index contributed by atoms with van der Waals surface area (Å²) >= 11 is 0. The molecule has 3 unspecified atom stereocenters. The molecule has 3 N–H and O–H groups in total. The van der Waals surface area contributed by atoms with Gasteiger partial charge in [0.15, 0.2) is 6.10 Å². The molecule has 0 aromatic heterocycles. The molecule has 10 nitrogen and oxygen atoms in total. The summed E-state index contributed by atoms with van der Waals surface area (Å²) in [7, 11) is -4.62. The molecule has 11 heteroatoms. The van der Waals surface area contributed by atoms with Crippen molar-refractivity contribution in [2.75, 3.05) is 19.8 Å². The lowest BCUT2D eigenvalue weighted by molar-refractivity contribution is -0.161. The highest BCUT2D eigenvalue weighted by atomic mass is 31.2. The van der Waals surface area contributed by atoms with Crippen molar-refractivity contribution in [2.24, 2.45) is 5.73 Å². The zero-order valence-corrected chi connectivity index (χ0v) is 35.7. The van der Waals surface area contributed by atoms with Gasteiger partial charge >= 0.3 is 19.8 Å². The summed E-state index contributed by atoms with van der Waals surface area (Å²) in [6, 6.07) is -1.09. The van der Waals surface area contributed by atoms with Crippen LogP contribution in [-0.4, -0.2) is 54.6 Å². The highest BCUT2D eigenvalue weighted by Crippen LogP contribution is 2.43. The molecule has 0 amide bonds. The molecule has 3 atom stereocenters. The molecule has 0 aliphatic carbocycles. The lowest BCUT2D eigenvalue weighted by Crippen LogP contribution is -2.33. The Kier molecular flexibility index (Phi) is 36.9. The van der Waals surface area contributed by atoms with Crippen molar-refractivity contribution in [3.63, 3.8) is 0 Å². The summed E-state index contributed by atoms with van der Waals surface area (Å²) in [5.41, 5.74) is 5.57. The molecule has 0 heterocycles. The molecular formula is C44H78NO9P. The Morgan fingerprint density at radius 1 is 0.564 bits per heavy atom. The number of esters is 2. The Hall–Kier alpha value is -2.36. The van der Waals surface area contributed by atoms with Crippen molar-refractivity contribution in [3.8, 4) is 0 Å². The molecule has 318 valence electrons. The van der Waals surface area contributed by atoms with Crippen molar-refractivity contribution in [3.05, 3.63) is 48.6 Å². The second-order valence-corrected chi connectivity index (χ2v) is 15.9. The SMILES string of the molecule is CCCCCC/C=C\C/C=C\C/C=C\C/C=C\CCC(=O)OC(COC(=O)CCCCCCCCCCCCCCCC)COP(=O)(O)OCC(N)C(C)=O. The van der Waals surface area contributed by atoms with Crippen molar-refractivity contribution in [2.45, 2.75) is 193 Å². The summed E-state index contributed by atoms with van der Waals surface area (Å²) in [6.07, 6.45) is 42.3. The van der Waals surface area contributed by atoms with Gasteiger partial charge in [-0.25, -0.2) is 4.57 Å². The maximum atomic E-state index is 12.6. The summed E-state index contributed by atoms with van der Waals surface area (Å²) in [5, 5.41) is 0. The van der Waals surface area contributed by atoms with E-state index in [1.165, 1.54) is 96.8 Å². The normalized spacial score (nSPS) is 14.3. The largest absolute Gasteiger partial charge is 0.472 e. The number of hydrogen-bond donors (Lipinski definition) is 2. The Labute approximate surface area is 334 Å². The minimum atomic E-state index is -4.62. The molecule has 0 aromatic carbocycles. The Morgan fingerprint density at radius 2 is 1.00 bits per heavy atom. The third kappa shape index (κ3) is 38.3. The molecule has 0 aliphatic heterocycles. The fourth-order valence-corrected chi connectivity index (χ4v) is 6.31. The van der Waals surface area contributed by atoms with E-state index < -0.39 is 50.9 Å². The van der Waals surface area contributed by atoms with Gasteiger partial charge in [-0.15, -0.1) is 0 Å². The molecule has 0 bridgehead atoms. The maximum absolute atomic E-state index is 12.6. The first-order chi connectivity index (χ1) is 26.6. The minimum Gasteiger partial charge on any atom is -0.462 e. The number of ketones is 1. The van der Waals surface area contributed by atoms with Gasteiger partial charge in [-0.3, -0.25) is 23.4 Å². The van der Waals surface area contributed by atoms with Crippen LogP contribution in [0, 0.1) is 0 Å². The van der Waals surface area contributed by atoms with Gasteiger partial charge in [0, 0.05) is 12.8 Å². The van der Waals surface area contributed by atoms with Crippen LogP contribution in [0.4, 0.5) is 0 Å². The first-order valence-corrected chi connectivity index (χ1v) is 22.9. The van der Waals surface area contributed by atoms with Crippen LogP contribution in [0.2, 0.25) is 0 Å². The van der Waals surface area contributed by atoms with E-state index in [4.69, 9.17) is 24.3 Å². The molecular weight excluding hydrogens is 717 g/mol. The number of allylic oxidation sites excluding steroid dienone is 8. The van der Waals surface area contributed by atoms with E-state index in [9.17, 15) is 23.8 Å². The molecule has 0 radical (unpaired) electrons. The van der Waals surface area contributed by atoms with Gasteiger partial charge in [0.1, 0.15) is 12.4 Å². The van der Waals surface area contributed by atoms with E-state index in [0.717, 1.165) is 44.9 Å². The highest BCUT2D eigenvalue weighted by Gasteiger charge is 2.27. The van der Waals surface area contributed by atoms with Crippen LogP contribution in [-0.2, 0) is 37.5 Å². The second kappa shape index (κ2) is 38.5. The van der Waals surface area contributed by atoms with Gasteiger partial charge in [0.2, 0.25) is 0 Å². The fraction of sp³-hybridized carbons (Fsp3) is 0.750. The first kappa shape index (κ1) is 52.6. The standard InChI is InChI=1S/C44H78NO9P/c1-4-6-8-10-12-14-16-18-20-21-22-24-26-28-30-32-34-36-44(48)54-41(38-52-55(49,50)53-39-42(45)40(3)46)37-51-43(47)35-33-31-29-27-25-23-19-17-15-13-11-9-7-5-2/h14,16,20-21,24,26,30,32,41-42H,4-13,15,17-19,22-23,25,27-29,31,33-39,45H2,1-3H3,(H,49,50)/b16-14-,21-20-,26-24-,32-30-. The number of carbonyl (C=O) groups excluding carboxylic acids is 3. The number of phosphoric ester groups is 1. The third-order valence-electron chi connectivity index (χ3n) is 9.05. The number of rotatable bonds is 39. The van der Waals surface area contributed by atoms with Gasteiger partial charge in [-0.05, 0) is 51.9 Å². The van der Waals surface area contributed by atoms with Crippen LogP contribution in [0.3, 0.4) is 0 Å². The Morgan fingerprint density at radius 3 is 1.51 bits per heavy atom. The Bertz CT molecular complexity index is 1120. The first-order valence-electron chi connectivity index (χ1n) is 21.4. The predicted molar refractivity (Wildman–Crippen MR) is 225 cm³/mol. The Balaban J connectivity index is 4.50. The fourth-order valence-electron chi connectivity index (χ4n) is 5.53. The molecule has 0 saturated heterocycles. The van der Waals surface area contributed by atoms with Crippen LogP contribution < -0.4 is 5.73 Å². The van der Waals surface area contributed by atoms with E-state index in [1.807, 2.05) is 12.2 Å². The molecule has 0 fully saturated rings. The van der Waals surface area contributed by atoms with Gasteiger partial charge in [0.05, 0.1) is 19.3 Å². The van der Waals surface area contributed by atoms with E-state index in [-0.39, 0.29) is 19.4 Å². The average molecular weight is 796 g/mol. The number of carbonyl (C=O) groups is 3. The number of nitrogens with two attached hydrogens (primary N) is 1. The molecule has 0 spiro atoms. The van der Waals surface area contributed by atoms with Gasteiger partial charge in [-0.2, -0.15) is 0 Å². The minimum absolute atomic E-state index is 0.0688. The van der Waals surface area contributed by atoms with Crippen LogP contribution >= 0.6 is 7.82 Å². The number of Topliss-reactive ketones (excluding diaryl/α,β-unsaturated/α-hetero) is 1. The lowest BCUT2D eigenvalue weighted by Gasteiger charge is -2.20. The van der Waals surface area contributed by atoms with Crippen LogP contribution in [0.15, 0.2) is 48.6 Å². The maximum Gasteiger partial charge on any atom is 0.472 e. The monoisotopic (exact) mass is 796 g/mol. The van der Waals surface area contributed by atoms with Gasteiger partial charge in [0.25, 0.3) is 0 Å². The van der Waals surface area contributed by atoms with E-state index >= 15 is 0 Å². The quantitative estimate of drug-likeness (QED) is 0.0266. The third-order valence-corrected chi connectivity index (χ3v) is 10.00. The molecule has 0 saturated carbocycles. The van der Waals surface area contributed by atoms with Gasteiger partial charge in [-0.1, -0.05) is 165 Å². The van der Waals surface area contributed by atoms with Crippen LogP contribution in [0.25, 0.3) is 0 Å². The van der Waals surface area contributed by atoms with Gasteiger partial charge < -0.3 is 20.1 Å². The molecule has 0 rings (SSSR count). The lowest BCUT2D eigenvalue weighted by atomic mass is 10.0. The number of unbranched alkanes of at least 4 members (excludes halogenated alkanes) is 17. The van der Waals surface area contributed by atoms with E-state index in [2.05, 4.69) is 50.3 Å². The van der Waals surface area contributed by atoms with Crippen molar-refractivity contribution >= 4 is 25.5 Å². The zero-order chi connectivity index (χ0) is 40.7. The van der Waals surface area contributed by atoms with E-state index in [0.29, 0.717) is 12.8 Å². The number of phosphoric acid groups is 1. The molecule has 0 aliphatic rings. The van der Waals surface area contributed by atoms with Crippen molar-refractivity contribution in [1.29, 1.82) is 0 Å². The predicted octanol–water partition coefficient (Wildman–Crippen LogP) is 11.5. The summed E-state index contributed by atoms with van der Waals surface area (Å²) in [5.74, 6) is -1.42. The van der Waals surface area contributed by atoms with Crippen molar-refractivity contribution < 1.29 is 42.4 Å². The highest BCUT2D eigenvalue weighted by molar-refractivity contribution is 7.47. The summed E-state index contributed by atoms with van der Waals surface area (Å²) in [4.78, 5) is 46.4. The topological polar surface area (TPSA) is 151 Å². The summed E-state index contributed by atoms with van der Waals surface area (Å²) < 4.78 is 33.0. The number of hydrogen-bond acceptors (Lipinski definition) is 9. The summed E-state index contributed by atoms with van der Waals surface area (Å²) in [6.45, 7) is 4.31. The molecule has 55 heavy (non-hydrogen) atoms. The zero-order valence-electron chi connectivity index (χ0n) is 34.8. The molecule has 0 aromatic rings. The average Bonchev–Trinajstić information content (AvgIpc) is 3.16. The van der Waals surface area contributed by atoms with Crippen molar-refractivity contribution in [1.82, 2.24) is 0 Å².